The second-order valence-electron chi connectivity index (χ2n) is 6.11. The standard InChI is InChI=1S/C13H24N2O/c1-13(2)6-3-4-11(13)12(16)15-7-5-10(8-14)9-15/h10-11H,3-9,14H2,1-2H3. The molecule has 2 unspecified atom stereocenters. The third-order valence-corrected chi connectivity index (χ3v) is 4.49. The Morgan fingerprint density at radius 2 is 2.19 bits per heavy atom. The molecule has 1 aliphatic carbocycles. The van der Waals surface area contributed by atoms with Gasteiger partial charge in [-0.15, -0.1) is 0 Å². The maximum absolute atomic E-state index is 12.4. The zero-order chi connectivity index (χ0) is 11.8. The molecule has 0 radical (unpaired) electrons. The Hall–Kier alpha value is -0.570. The highest BCUT2D eigenvalue weighted by Gasteiger charge is 2.42. The van der Waals surface area contributed by atoms with Crippen molar-refractivity contribution in [3.05, 3.63) is 0 Å². The summed E-state index contributed by atoms with van der Waals surface area (Å²) in [5.41, 5.74) is 5.87. The van der Waals surface area contributed by atoms with Crippen molar-refractivity contribution >= 4 is 5.91 Å². The maximum Gasteiger partial charge on any atom is 0.226 e. The summed E-state index contributed by atoms with van der Waals surface area (Å²) in [4.78, 5) is 14.5. The fourth-order valence-corrected chi connectivity index (χ4v) is 3.23. The predicted octanol–water partition coefficient (Wildman–Crippen LogP) is 1.62. The zero-order valence-corrected chi connectivity index (χ0v) is 10.5. The predicted molar refractivity (Wildman–Crippen MR) is 64.9 cm³/mol. The Bertz CT molecular complexity index is 275. The highest BCUT2D eigenvalue weighted by atomic mass is 16.2. The molecule has 2 rings (SSSR count). The molecule has 1 heterocycles. The van der Waals surface area contributed by atoms with E-state index in [2.05, 4.69) is 18.7 Å². The van der Waals surface area contributed by atoms with Gasteiger partial charge >= 0.3 is 0 Å². The molecular weight excluding hydrogens is 200 g/mol. The first-order chi connectivity index (χ1) is 7.54. The van der Waals surface area contributed by atoms with Crippen molar-refractivity contribution in [1.82, 2.24) is 4.90 Å². The van der Waals surface area contributed by atoms with Gasteiger partial charge in [-0.25, -0.2) is 0 Å². The lowest BCUT2D eigenvalue weighted by Crippen LogP contribution is -2.39. The van der Waals surface area contributed by atoms with Crippen molar-refractivity contribution < 1.29 is 4.79 Å². The lowest BCUT2D eigenvalue weighted by Gasteiger charge is -2.30. The second kappa shape index (κ2) is 4.36. The normalized spacial score (nSPS) is 33.3. The molecule has 2 atom stereocenters. The summed E-state index contributed by atoms with van der Waals surface area (Å²) in [6.45, 7) is 7.01. The first-order valence-electron chi connectivity index (χ1n) is 6.53. The van der Waals surface area contributed by atoms with Crippen LogP contribution in [0.3, 0.4) is 0 Å². The van der Waals surface area contributed by atoms with Crippen LogP contribution < -0.4 is 5.73 Å². The summed E-state index contributed by atoms with van der Waals surface area (Å²) in [6, 6.07) is 0. The van der Waals surface area contributed by atoms with Gasteiger partial charge < -0.3 is 10.6 Å². The smallest absolute Gasteiger partial charge is 0.226 e. The van der Waals surface area contributed by atoms with E-state index in [9.17, 15) is 4.79 Å². The van der Waals surface area contributed by atoms with Crippen LogP contribution in [-0.2, 0) is 4.79 Å². The second-order valence-corrected chi connectivity index (χ2v) is 6.11. The highest BCUT2D eigenvalue weighted by molar-refractivity contribution is 5.80. The van der Waals surface area contributed by atoms with E-state index in [0.717, 1.165) is 32.5 Å². The van der Waals surface area contributed by atoms with Crippen LogP contribution in [0.1, 0.15) is 39.5 Å². The first-order valence-corrected chi connectivity index (χ1v) is 6.53. The average Bonchev–Trinajstić information content (AvgIpc) is 2.82. The van der Waals surface area contributed by atoms with Crippen LogP contribution in [0, 0.1) is 17.3 Å². The molecule has 2 N–H and O–H groups in total. The number of carbonyl (C=O) groups is 1. The molecule has 0 aromatic heterocycles. The van der Waals surface area contributed by atoms with Crippen molar-refractivity contribution in [3.8, 4) is 0 Å². The van der Waals surface area contributed by atoms with Crippen molar-refractivity contribution in [3.63, 3.8) is 0 Å². The van der Waals surface area contributed by atoms with E-state index in [1.54, 1.807) is 0 Å². The molecule has 0 spiro atoms. The molecule has 3 heteroatoms. The Labute approximate surface area is 98.4 Å². The molecule has 92 valence electrons. The van der Waals surface area contributed by atoms with E-state index in [1.165, 1.54) is 12.8 Å². The van der Waals surface area contributed by atoms with Crippen LogP contribution in [0.5, 0.6) is 0 Å². The van der Waals surface area contributed by atoms with E-state index in [-0.39, 0.29) is 11.3 Å². The van der Waals surface area contributed by atoms with Gasteiger partial charge in [-0.3, -0.25) is 4.79 Å². The maximum atomic E-state index is 12.4. The minimum atomic E-state index is 0.206. The van der Waals surface area contributed by atoms with Crippen LogP contribution in [0.25, 0.3) is 0 Å². The van der Waals surface area contributed by atoms with Gasteiger partial charge in [0.2, 0.25) is 5.91 Å². The monoisotopic (exact) mass is 224 g/mol. The summed E-state index contributed by atoms with van der Waals surface area (Å²) in [5.74, 6) is 1.18. The number of hydrogen-bond acceptors (Lipinski definition) is 2. The van der Waals surface area contributed by atoms with Crippen LogP contribution >= 0.6 is 0 Å². The number of likely N-dealkylation sites (tertiary alicyclic amines) is 1. The molecule has 1 saturated heterocycles. The fraction of sp³-hybridized carbons (Fsp3) is 0.923. The topological polar surface area (TPSA) is 46.3 Å². The number of rotatable bonds is 2. The zero-order valence-electron chi connectivity index (χ0n) is 10.5. The van der Waals surface area contributed by atoms with Crippen molar-refractivity contribution in [2.75, 3.05) is 19.6 Å². The Morgan fingerprint density at radius 1 is 1.44 bits per heavy atom. The van der Waals surface area contributed by atoms with Gasteiger partial charge in [-0.05, 0) is 37.1 Å². The SMILES string of the molecule is CC1(C)CCCC1C(=O)N1CCC(CN)C1. The number of nitrogens with two attached hydrogens (primary N) is 1. The molecular formula is C13H24N2O. The first kappa shape index (κ1) is 11.9. The molecule has 0 bridgehead atoms. The molecule has 1 aliphatic heterocycles. The quantitative estimate of drug-likeness (QED) is 0.774. The van der Waals surface area contributed by atoms with Crippen LogP contribution in [0.15, 0.2) is 0 Å². The summed E-state index contributed by atoms with van der Waals surface area (Å²) in [6.07, 6.45) is 4.57. The van der Waals surface area contributed by atoms with Gasteiger partial charge in [0, 0.05) is 19.0 Å². The van der Waals surface area contributed by atoms with Crippen LogP contribution in [-0.4, -0.2) is 30.4 Å². The molecule has 1 saturated carbocycles. The van der Waals surface area contributed by atoms with Gasteiger partial charge in [0.05, 0.1) is 0 Å². The van der Waals surface area contributed by atoms with Crippen LogP contribution in [0.2, 0.25) is 0 Å². The van der Waals surface area contributed by atoms with Gasteiger partial charge in [-0.2, -0.15) is 0 Å². The molecule has 2 aliphatic rings. The van der Waals surface area contributed by atoms with Crippen molar-refractivity contribution in [2.24, 2.45) is 23.0 Å². The molecule has 2 fully saturated rings. The largest absolute Gasteiger partial charge is 0.342 e. The number of amides is 1. The van der Waals surface area contributed by atoms with Crippen molar-refractivity contribution in [2.45, 2.75) is 39.5 Å². The van der Waals surface area contributed by atoms with E-state index in [4.69, 9.17) is 5.73 Å². The molecule has 0 aromatic carbocycles. The van der Waals surface area contributed by atoms with Gasteiger partial charge in [0.25, 0.3) is 0 Å². The van der Waals surface area contributed by atoms with E-state index in [0.29, 0.717) is 11.8 Å². The van der Waals surface area contributed by atoms with Gasteiger partial charge in [0.15, 0.2) is 0 Å². The van der Waals surface area contributed by atoms with Crippen molar-refractivity contribution in [1.29, 1.82) is 0 Å². The molecule has 3 nitrogen and oxygen atoms in total. The number of carbonyl (C=O) groups excluding carboxylic acids is 1. The summed E-state index contributed by atoms with van der Waals surface area (Å²) in [5, 5.41) is 0. The van der Waals surface area contributed by atoms with Crippen LogP contribution in [0.4, 0.5) is 0 Å². The third kappa shape index (κ3) is 2.10. The fourth-order valence-electron chi connectivity index (χ4n) is 3.23. The number of nitrogens with zero attached hydrogens (tertiary/aromatic N) is 1. The van der Waals surface area contributed by atoms with E-state index >= 15 is 0 Å². The molecule has 0 aromatic rings. The molecule has 16 heavy (non-hydrogen) atoms. The van der Waals surface area contributed by atoms with Gasteiger partial charge in [0.1, 0.15) is 0 Å². The highest BCUT2D eigenvalue weighted by Crippen LogP contribution is 2.43. The lowest BCUT2D eigenvalue weighted by molar-refractivity contribution is -0.137. The Balaban J connectivity index is 1.98. The minimum absolute atomic E-state index is 0.206. The summed E-state index contributed by atoms with van der Waals surface area (Å²) in [7, 11) is 0. The summed E-state index contributed by atoms with van der Waals surface area (Å²) < 4.78 is 0. The van der Waals surface area contributed by atoms with Gasteiger partial charge in [-0.1, -0.05) is 20.3 Å². The Kier molecular flexibility index (Phi) is 3.24. The van der Waals surface area contributed by atoms with E-state index < -0.39 is 0 Å². The number of hydrogen-bond donors (Lipinski definition) is 1. The average molecular weight is 224 g/mol. The minimum Gasteiger partial charge on any atom is -0.342 e. The summed E-state index contributed by atoms with van der Waals surface area (Å²) >= 11 is 0. The lowest BCUT2D eigenvalue weighted by atomic mass is 9.81. The van der Waals surface area contributed by atoms with E-state index in [1.807, 2.05) is 0 Å². The Morgan fingerprint density at radius 3 is 2.69 bits per heavy atom. The third-order valence-electron chi connectivity index (χ3n) is 4.49. The molecule has 1 amide bonds.